The molecule has 0 radical (unpaired) electrons. The standard InChI is InChI=1S/C17H17NO2/c1-2-17(15-9-6-12-20-15)10-11-18(16(17)19)13-14-7-4-3-5-8-14/h3-12H,2,13H2,1H3. The predicted molar refractivity (Wildman–Crippen MR) is 76.8 cm³/mol. The molecule has 0 aliphatic carbocycles. The van der Waals surface area contributed by atoms with Gasteiger partial charge in [0.1, 0.15) is 11.2 Å². The Kier molecular flexibility index (Phi) is 3.18. The molecular weight excluding hydrogens is 250 g/mol. The minimum atomic E-state index is -0.641. The molecule has 0 bridgehead atoms. The van der Waals surface area contributed by atoms with Crippen LogP contribution >= 0.6 is 0 Å². The van der Waals surface area contributed by atoms with Crippen molar-refractivity contribution >= 4 is 5.91 Å². The minimum Gasteiger partial charge on any atom is -0.468 e. The maximum atomic E-state index is 12.8. The van der Waals surface area contributed by atoms with Gasteiger partial charge in [0, 0.05) is 6.20 Å². The highest BCUT2D eigenvalue weighted by Gasteiger charge is 2.45. The molecule has 102 valence electrons. The molecule has 0 N–H and O–H groups in total. The number of furan rings is 1. The quantitative estimate of drug-likeness (QED) is 0.849. The van der Waals surface area contributed by atoms with E-state index in [1.54, 1.807) is 11.2 Å². The summed E-state index contributed by atoms with van der Waals surface area (Å²) in [6.07, 6.45) is 6.15. The Bertz CT molecular complexity index is 616. The van der Waals surface area contributed by atoms with E-state index in [1.807, 2.05) is 61.7 Å². The van der Waals surface area contributed by atoms with Gasteiger partial charge in [0.05, 0.1) is 12.8 Å². The van der Waals surface area contributed by atoms with Crippen LogP contribution in [0.25, 0.3) is 0 Å². The Morgan fingerprint density at radius 1 is 1.15 bits per heavy atom. The summed E-state index contributed by atoms with van der Waals surface area (Å²) in [4.78, 5) is 14.5. The molecule has 1 atom stereocenters. The van der Waals surface area contributed by atoms with Crippen LogP contribution in [0.2, 0.25) is 0 Å². The lowest BCUT2D eigenvalue weighted by atomic mass is 9.83. The van der Waals surface area contributed by atoms with Gasteiger partial charge in [-0.15, -0.1) is 0 Å². The zero-order valence-corrected chi connectivity index (χ0v) is 11.5. The number of rotatable bonds is 4. The Hall–Kier alpha value is -2.29. The van der Waals surface area contributed by atoms with Crippen molar-refractivity contribution in [1.82, 2.24) is 4.90 Å². The Balaban J connectivity index is 1.86. The van der Waals surface area contributed by atoms with Gasteiger partial charge in [-0.25, -0.2) is 0 Å². The molecule has 0 saturated heterocycles. The maximum absolute atomic E-state index is 12.8. The van der Waals surface area contributed by atoms with Gasteiger partial charge in [0.15, 0.2) is 0 Å². The molecule has 3 rings (SSSR count). The summed E-state index contributed by atoms with van der Waals surface area (Å²) in [7, 11) is 0. The molecule has 2 heterocycles. The Labute approximate surface area is 118 Å². The molecule has 2 aromatic rings. The number of hydrogen-bond acceptors (Lipinski definition) is 2. The number of benzene rings is 1. The van der Waals surface area contributed by atoms with Crippen molar-refractivity contribution < 1.29 is 9.21 Å². The second kappa shape index (κ2) is 5.00. The van der Waals surface area contributed by atoms with E-state index in [2.05, 4.69) is 0 Å². The normalized spacial score (nSPS) is 21.6. The fourth-order valence-corrected chi connectivity index (χ4v) is 2.68. The lowest BCUT2D eigenvalue weighted by molar-refractivity contribution is -0.132. The minimum absolute atomic E-state index is 0.0822. The molecule has 1 aromatic carbocycles. The molecule has 20 heavy (non-hydrogen) atoms. The van der Waals surface area contributed by atoms with Crippen molar-refractivity contribution in [2.45, 2.75) is 25.3 Å². The summed E-state index contributed by atoms with van der Waals surface area (Å²) >= 11 is 0. The topological polar surface area (TPSA) is 33.5 Å². The van der Waals surface area contributed by atoms with Crippen molar-refractivity contribution in [3.8, 4) is 0 Å². The average Bonchev–Trinajstić information content (AvgIpc) is 3.11. The third kappa shape index (κ3) is 1.95. The second-order valence-electron chi connectivity index (χ2n) is 5.04. The summed E-state index contributed by atoms with van der Waals surface area (Å²) in [6.45, 7) is 2.61. The van der Waals surface area contributed by atoms with Gasteiger partial charge in [-0.05, 0) is 30.2 Å². The predicted octanol–water partition coefficient (Wildman–Crippen LogP) is 3.48. The van der Waals surface area contributed by atoms with E-state index >= 15 is 0 Å². The van der Waals surface area contributed by atoms with Crippen LogP contribution in [-0.4, -0.2) is 10.8 Å². The highest BCUT2D eigenvalue weighted by Crippen LogP contribution is 2.37. The van der Waals surface area contributed by atoms with Gasteiger partial charge in [-0.2, -0.15) is 0 Å². The smallest absolute Gasteiger partial charge is 0.244 e. The summed E-state index contributed by atoms with van der Waals surface area (Å²) < 4.78 is 5.48. The molecule has 1 aliphatic rings. The molecule has 0 spiro atoms. The van der Waals surface area contributed by atoms with Gasteiger partial charge in [0.25, 0.3) is 0 Å². The lowest BCUT2D eigenvalue weighted by Crippen LogP contribution is -2.37. The van der Waals surface area contributed by atoms with Crippen LogP contribution in [0.4, 0.5) is 0 Å². The van der Waals surface area contributed by atoms with Crippen LogP contribution < -0.4 is 0 Å². The first-order chi connectivity index (χ1) is 9.76. The van der Waals surface area contributed by atoms with Gasteiger partial charge in [0.2, 0.25) is 5.91 Å². The lowest BCUT2D eigenvalue weighted by Gasteiger charge is -2.24. The Morgan fingerprint density at radius 3 is 2.60 bits per heavy atom. The third-order valence-electron chi connectivity index (χ3n) is 3.90. The molecular formula is C17H17NO2. The Morgan fingerprint density at radius 2 is 1.95 bits per heavy atom. The van der Waals surface area contributed by atoms with E-state index in [0.717, 1.165) is 11.3 Å². The molecule has 3 nitrogen and oxygen atoms in total. The van der Waals surface area contributed by atoms with Crippen molar-refractivity contribution in [2.75, 3.05) is 0 Å². The van der Waals surface area contributed by atoms with Gasteiger partial charge in [-0.3, -0.25) is 4.79 Å². The van der Waals surface area contributed by atoms with E-state index in [4.69, 9.17) is 4.42 Å². The molecule has 0 saturated carbocycles. The van der Waals surface area contributed by atoms with Gasteiger partial charge in [-0.1, -0.05) is 37.3 Å². The van der Waals surface area contributed by atoms with E-state index < -0.39 is 5.41 Å². The zero-order chi connectivity index (χ0) is 14.0. The highest BCUT2D eigenvalue weighted by atomic mass is 16.3. The molecule has 3 heteroatoms. The number of carbonyl (C=O) groups is 1. The molecule has 0 fully saturated rings. The molecule has 1 aliphatic heterocycles. The van der Waals surface area contributed by atoms with Crippen LogP contribution in [0.5, 0.6) is 0 Å². The van der Waals surface area contributed by atoms with Gasteiger partial charge < -0.3 is 9.32 Å². The maximum Gasteiger partial charge on any atom is 0.244 e. The fourth-order valence-electron chi connectivity index (χ4n) is 2.68. The van der Waals surface area contributed by atoms with E-state index in [0.29, 0.717) is 13.0 Å². The largest absolute Gasteiger partial charge is 0.468 e. The third-order valence-corrected chi connectivity index (χ3v) is 3.90. The highest BCUT2D eigenvalue weighted by molar-refractivity contribution is 5.93. The zero-order valence-electron chi connectivity index (χ0n) is 11.5. The van der Waals surface area contributed by atoms with Crippen molar-refractivity contribution in [3.05, 3.63) is 72.3 Å². The van der Waals surface area contributed by atoms with Crippen LogP contribution in [0, 0.1) is 0 Å². The molecule has 1 unspecified atom stereocenters. The van der Waals surface area contributed by atoms with Crippen molar-refractivity contribution in [2.24, 2.45) is 0 Å². The first-order valence-corrected chi connectivity index (χ1v) is 6.84. The summed E-state index contributed by atoms with van der Waals surface area (Å²) in [5, 5.41) is 0. The van der Waals surface area contributed by atoms with Crippen molar-refractivity contribution in [1.29, 1.82) is 0 Å². The number of amides is 1. The monoisotopic (exact) mass is 267 g/mol. The van der Waals surface area contributed by atoms with E-state index in [-0.39, 0.29) is 5.91 Å². The number of nitrogens with zero attached hydrogens (tertiary/aromatic N) is 1. The first-order valence-electron chi connectivity index (χ1n) is 6.84. The summed E-state index contributed by atoms with van der Waals surface area (Å²) in [5.74, 6) is 0.801. The van der Waals surface area contributed by atoms with E-state index in [1.165, 1.54) is 0 Å². The van der Waals surface area contributed by atoms with Gasteiger partial charge >= 0.3 is 0 Å². The number of carbonyl (C=O) groups excluding carboxylic acids is 1. The summed E-state index contributed by atoms with van der Waals surface area (Å²) in [5.41, 5.74) is 0.481. The van der Waals surface area contributed by atoms with Crippen LogP contribution in [0.3, 0.4) is 0 Å². The molecule has 1 aromatic heterocycles. The SMILES string of the molecule is CCC1(c2ccco2)C=CN(Cc2ccccc2)C1=O. The summed E-state index contributed by atoms with van der Waals surface area (Å²) in [6, 6.07) is 13.7. The fraction of sp³-hybridized carbons (Fsp3) is 0.235. The average molecular weight is 267 g/mol. The molecule has 1 amide bonds. The number of hydrogen-bond donors (Lipinski definition) is 0. The second-order valence-corrected chi connectivity index (χ2v) is 5.04. The van der Waals surface area contributed by atoms with Crippen LogP contribution in [0.1, 0.15) is 24.7 Å². The van der Waals surface area contributed by atoms with Crippen molar-refractivity contribution in [3.63, 3.8) is 0 Å². The first kappa shape index (κ1) is 12.7. The van der Waals surface area contributed by atoms with Crippen LogP contribution in [0.15, 0.2) is 65.4 Å². The van der Waals surface area contributed by atoms with E-state index in [9.17, 15) is 4.79 Å². The van der Waals surface area contributed by atoms with Crippen LogP contribution in [-0.2, 0) is 16.8 Å².